The van der Waals surface area contributed by atoms with E-state index in [0.29, 0.717) is 5.54 Å². The fourth-order valence-electron chi connectivity index (χ4n) is 4.37. The molecule has 1 aliphatic heterocycles. The van der Waals surface area contributed by atoms with Gasteiger partial charge in [-0.2, -0.15) is 0 Å². The first-order valence-corrected chi connectivity index (χ1v) is 8.20. The van der Waals surface area contributed by atoms with Crippen LogP contribution in [0.2, 0.25) is 0 Å². The third-order valence-electron chi connectivity index (χ3n) is 5.37. The first-order chi connectivity index (χ1) is 10.8. The van der Waals surface area contributed by atoms with Crippen LogP contribution < -0.4 is 0 Å². The van der Waals surface area contributed by atoms with Crippen molar-refractivity contribution < 1.29 is 0 Å². The Labute approximate surface area is 129 Å². The van der Waals surface area contributed by atoms with Gasteiger partial charge < -0.3 is 8.97 Å². The molecule has 1 aliphatic carbocycles. The second-order valence-electron chi connectivity index (χ2n) is 6.67. The fourth-order valence-corrected chi connectivity index (χ4v) is 4.37. The van der Waals surface area contributed by atoms with Gasteiger partial charge in [-0.1, -0.05) is 18.9 Å². The smallest absolute Gasteiger partial charge is 0.139 e. The van der Waals surface area contributed by atoms with E-state index >= 15 is 0 Å². The molecule has 5 heteroatoms. The summed E-state index contributed by atoms with van der Waals surface area (Å²) in [5, 5.41) is 8.93. The minimum absolute atomic E-state index is 0.313. The van der Waals surface area contributed by atoms with E-state index in [1.54, 1.807) is 0 Å². The number of hydrogen-bond acceptors (Lipinski definition) is 3. The molecule has 0 N–H and O–H groups in total. The molecule has 4 heterocycles. The third kappa shape index (κ3) is 1.68. The summed E-state index contributed by atoms with van der Waals surface area (Å²) in [5.41, 5.74) is 2.38. The van der Waals surface area contributed by atoms with Gasteiger partial charge in [0.05, 0.1) is 12.1 Å². The Morgan fingerprint density at radius 3 is 2.86 bits per heavy atom. The largest absolute Gasteiger partial charge is 0.308 e. The molecule has 0 unspecified atom stereocenters. The lowest BCUT2D eigenvalue weighted by Crippen LogP contribution is -2.28. The highest BCUT2D eigenvalue weighted by Gasteiger charge is 2.43. The van der Waals surface area contributed by atoms with Crippen LogP contribution in [0.4, 0.5) is 0 Å². The summed E-state index contributed by atoms with van der Waals surface area (Å²) in [4.78, 5) is 4.71. The molecule has 22 heavy (non-hydrogen) atoms. The molecule has 1 spiro atoms. The van der Waals surface area contributed by atoms with E-state index in [1.165, 1.54) is 37.9 Å². The van der Waals surface area contributed by atoms with E-state index in [9.17, 15) is 0 Å². The molecule has 1 saturated carbocycles. The van der Waals surface area contributed by atoms with E-state index < -0.39 is 0 Å². The molecule has 2 aliphatic rings. The highest BCUT2D eigenvalue weighted by Crippen LogP contribution is 2.45. The summed E-state index contributed by atoms with van der Waals surface area (Å²) in [6.07, 6.45) is 12.5. The average Bonchev–Trinajstić information content (AvgIpc) is 3.28. The number of nitrogens with zero attached hydrogens (tertiary/aromatic N) is 5. The topological polar surface area (TPSA) is 48.0 Å². The Morgan fingerprint density at radius 1 is 1.09 bits per heavy atom. The predicted octanol–water partition coefficient (Wildman–Crippen LogP) is 2.73. The summed E-state index contributed by atoms with van der Waals surface area (Å²) < 4.78 is 4.53. The van der Waals surface area contributed by atoms with Crippen molar-refractivity contribution in [2.45, 2.75) is 50.5 Å². The van der Waals surface area contributed by atoms with Crippen LogP contribution in [-0.4, -0.2) is 24.1 Å². The second-order valence-corrected chi connectivity index (χ2v) is 6.67. The molecule has 0 radical (unpaired) electrons. The molecule has 0 atom stereocenters. The highest BCUT2D eigenvalue weighted by atomic mass is 15.3. The van der Waals surface area contributed by atoms with Crippen LogP contribution in [-0.2, 0) is 18.4 Å². The normalized spacial score (nSPS) is 19.3. The maximum absolute atomic E-state index is 4.71. The number of aryl methyl sites for hydroxylation is 1. The average molecular weight is 293 g/mol. The van der Waals surface area contributed by atoms with Crippen molar-refractivity contribution in [1.29, 1.82) is 0 Å². The first kappa shape index (κ1) is 12.4. The maximum atomic E-state index is 4.71. The van der Waals surface area contributed by atoms with Gasteiger partial charge in [0.15, 0.2) is 0 Å². The SMILES string of the molecule is c1ccn2cc(Cc3nnc4n3C3(CCCC3)CC4)nc2c1. The van der Waals surface area contributed by atoms with Gasteiger partial charge in [0, 0.05) is 24.4 Å². The van der Waals surface area contributed by atoms with Gasteiger partial charge in [-0.15, -0.1) is 10.2 Å². The molecule has 112 valence electrons. The maximum Gasteiger partial charge on any atom is 0.139 e. The van der Waals surface area contributed by atoms with Crippen LogP contribution in [0, 0.1) is 0 Å². The monoisotopic (exact) mass is 293 g/mol. The van der Waals surface area contributed by atoms with Crippen LogP contribution in [0.5, 0.6) is 0 Å². The van der Waals surface area contributed by atoms with Crippen molar-refractivity contribution >= 4 is 5.65 Å². The summed E-state index contributed by atoms with van der Waals surface area (Å²) >= 11 is 0. The molecular formula is C17H19N5. The van der Waals surface area contributed by atoms with Crippen molar-refractivity contribution in [3.63, 3.8) is 0 Å². The number of hydrogen-bond donors (Lipinski definition) is 0. The van der Waals surface area contributed by atoms with Gasteiger partial charge in [0.2, 0.25) is 0 Å². The van der Waals surface area contributed by atoms with E-state index in [2.05, 4.69) is 25.4 Å². The second kappa shape index (κ2) is 4.41. The van der Waals surface area contributed by atoms with Crippen molar-refractivity contribution in [2.24, 2.45) is 0 Å². The number of aromatic nitrogens is 5. The first-order valence-electron chi connectivity index (χ1n) is 8.20. The fraction of sp³-hybridized carbons (Fsp3) is 0.471. The summed E-state index contributed by atoms with van der Waals surface area (Å²) in [5.74, 6) is 2.28. The lowest BCUT2D eigenvalue weighted by atomic mass is 9.94. The van der Waals surface area contributed by atoms with Crippen molar-refractivity contribution in [3.8, 4) is 0 Å². The zero-order valence-electron chi connectivity index (χ0n) is 12.6. The van der Waals surface area contributed by atoms with Crippen molar-refractivity contribution in [1.82, 2.24) is 24.1 Å². The lowest BCUT2D eigenvalue weighted by molar-refractivity contribution is 0.301. The van der Waals surface area contributed by atoms with Gasteiger partial charge in [-0.25, -0.2) is 4.98 Å². The standard InChI is InChI=1S/C17H19N5/c1-4-10-21-12-13(18-14(21)5-1)11-16-20-19-15-6-9-17(22(15)16)7-2-3-8-17/h1,4-5,10,12H,2-3,6-9,11H2. The summed E-state index contributed by atoms with van der Waals surface area (Å²) in [6.45, 7) is 0. The van der Waals surface area contributed by atoms with E-state index in [4.69, 9.17) is 4.98 Å². The van der Waals surface area contributed by atoms with Crippen LogP contribution in [0.25, 0.3) is 5.65 Å². The van der Waals surface area contributed by atoms with E-state index in [1.807, 2.05) is 24.4 Å². The Morgan fingerprint density at radius 2 is 2.00 bits per heavy atom. The Hall–Kier alpha value is -2.17. The lowest BCUT2D eigenvalue weighted by Gasteiger charge is -2.27. The van der Waals surface area contributed by atoms with E-state index in [-0.39, 0.29) is 0 Å². The van der Waals surface area contributed by atoms with Gasteiger partial charge in [0.1, 0.15) is 17.3 Å². The van der Waals surface area contributed by atoms with Gasteiger partial charge in [0.25, 0.3) is 0 Å². The minimum atomic E-state index is 0.313. The van der Waals surface area contributed by atoms with Gasteiger partial charge >= 0.3 is 0 Å². The van der Waals surface area contributed by atoms with Crippen LogP contribution in [0.15, 0.2) is 30.6 Å². The molecule has 0 amide bonds. The van der Waals surface area contributed by atoms with Crippen LogP contribution in [0.3, 0.4) is 0 Å². The predicted molar refractivity (Wildman–Crippen MR) is 82.8 cm³/mol. The number of pyridine rings is 1. The number of fused-ring (bicyclic) bond motifs is 3. The zero-order valence-corrected chi connectivity index (χ0v) is 12.6. The van der Waals surface area contributed by atoms with Crippen molar-refractivity contribution in [2.75, 3.05) is 0 Å². The van der Waals surface area contributed by atoms with E-state index in [0.717, 1.165) is 30.0 Å². The van der Waals surface area contributed by atoms with Gasteiger partial charge in [-0.3, -0.25) is 0 Å². The molecule has 1 fully saturated rings. The van der Waals surface area contributed by atoms with Gasteiger partial charge in [-0.05, 0) is 31.4 Å². The molecule has 5 rings (SSSR count). The third-order valence-corrected chi connectivity index (χ3v) is 5.37. The molecule has 0 aromatic carbocycles. The Kier molecular flexibility index (Phi) is 2.48. The molecule has 0 bridgehead atoms. The Bertz CT molecular complexity index is 805. The molecule has 0 saturated heterocycles. The quantitative estimate of drug-likeness (QED) is 0.730. The summed E-state index contributed by atoms with van der Waals surface area (Å²) in [6, 6.07) is 6.09. The summed E-state index contributed by atoms with van der Waals surface area (Å²) in [7, 11) is 0. The number of rotatable bonds is 2. The molecular weight excluding hydrogens is 274 g/mol. The Balaban J connectivity index is 1.54. The van der Waals surface area contributed by atoms with Crippen LogP contribution >= 0.6 is 0 Å². The highest BCUT2D eigenvalue weighted by molar-refractivity contribution is 5.39. The molecule has 5 nitrogen and oxygen atoms in total. The van der Waals surface area contributed by atoms with Crippen LogP contribution in [0.1, 0.15) is 49.4 Å². The number of imidazole rings is 1. The molecule has 3 aromatic heterocycles. The molecule has 3 aromatic rings. The van der Waals surface area contributed by atoms with Crippen molar-refractivity contribution in [3.05, 3.63) is 47.9 Å². The minimum Gasteiger partial charge on any atom is -0.308 e. The zero-order chi connectivity index (χ0) is 14.6.